The first-order valence-corrected chi connectivity index (χ1v) is 7.28. The van der Waals surface area contributed by atoms with Gasteiger partial charge in [-0.15, -0.1) is 0 Å². The first-order chi connectivity index (χ1) is 9.22. The van der Waals surface area contributed by atoms with Crippen LogP contribution in [-0.2, 0) is 4.79 Å². The predicted octanol–water partition coefficient (Wildman–Crippen LogP) is 2.29. The molecule has 3 atom stereocenters. The van der Waals surface area contributed by atoms with Crippen LogP contribution in [-0.4, -0.2) is 25.0 Å². The highest BCUT2D eigenvalue weighted by atomic mass is 16.2. The molecule has 0 aromatic heterocycles. The second-order valence-electron chi connectivity index (χ2n) is 5.47. The van der Waals surface area contributed by atoms with Crippen molar-refractivity contribution in [3.8, 4) is 0 Å². The summed E-state index contributed by atoms with van der Waals surface area (Å²) in [6.07, 6.45) is 2.05. The second kappa shape index (κ2) is 6.71. The molecule has 3 heteroatoms. The number of carbonyl (C=O) groups is 1. The molecule has 1 aromatic rings. The summed E-state index contributed by atoms with van der Waals surface area (Å²) in [5.41, 5.74) is 1.13. The van der Waals surface area contributed by atoms with E-state index in [0.29, 0.717) is 12.0 Å². The molecule has 1 aliphatic heterocycles. The molecule has 0 aliphatic carbocycles. The zero-order valence-corrected chi connectivity index (χ0v) is 11.9. The van der Waals surface area contributed by atoms with Crippen LogP contribution in [0.3, 0.4) is 0 Å². The Hall–Kier alpha value is -1.35. The van der Waals surface area contributed by atoms with Crippen molar-refractivity contribution in [1.29, 1.82) is 0 Å². The summed E-state index contributed by atoms with van der Waals surface area (Å²) < 4.78 is 0. The lowest BCUT2D eigenvalue weighted by molar-refractivity contribution is -0.124. The maximum absolute atomic E-state index is 12.6. The van der Waals surface area contributed by atoms with Gasteiger partial charge in [0, 0.05) is 12.6 Å². The molecule has 1 aromatic carbocycles. The second-order valence-corrected chi connectivity index (χ2v) is 5.47. The van der Waals surface area contributed by atoms with E-state index >= 15 is 0 Å². The highest BCUT2D eigenvalue weighted by molar-refractivity contribution is 5.84. The molecule has 2 rings (SSSR count). The van der Waals surface area contributed by atoms with Gasteiger partial charge in [-0.25, -0.2) is 0 Å². The Balaban J connectivity index is 2.10. The summed E-state index contributed by atoms with van der Waals surface area (Å²) in [6, 6.07) is 10.4. The van der Waals surface area contributed by atoms with Crippen LogP contribution in [0.4, 0.5) is 0 Å². The van der Waals surface area contributed by atoms with Crippen molar-refractivity contribution in [1.82, 2.24) is 10.6 Å². The molecule has 0 bridgehead atoms. The van der Waals surface area contributed by atoms with Crippen LogP contribution in [0.1, 0.15) is 38.2 Å². The van der Waals surface area contributed by atoms with Crippen LogP contribution in [0.25, 0.3) is 0 Å². The number of hydrogen-bond donors (Lipinski definition) is 2. The van der Waals surface area contributed by atoms with E-state index in [9.17, 15) is 4.79 Å². The van der Waals surface area contributed by atoms with Crippen molar-refractivity contribution in [2.45, 2.75) is 38.6 Å². The van der Waals surface area contributed by atoms with Crippen LogP contribution in [0, 0.1) is 5.92 Å². The molecule has 2 unspecified atom stereocenters. The van der Waals surface area contributed by atoms with Crippen molar-refractivity contribution < 1.29 is 4.79 Å². The minimum absolute atomic E-state index is 0.0354. The van der Waals surface area contributed by atoms with Gasteiger partial charge in [0.2, 0.25) is 5.91 Å². The third-order valence-electron chi connectivity index (χ3n) is 4.06. The molecule has 0 radical (unpaired) electrons. The van der Waals surface area contributed by atoms with Gasteiger partial charge in [0.15, 0.2) is 0 Å². The molecule has 1 amide bonds. The van der Waals surface area contributed by atoms with Crippen LogP contribution in [0.5, 0.6) is 0 Å². The lowest BCUT2D eigenvalue weighted by Gasteiger charge is -2.24. The van der Waals surface area contributed by atoms with E-state index in [-0.39, 0.29) is 11.8 Å². The van der Waals surface area contributed by atoms with Crippen molar-refractivity contribution in [3.05, 3.63) is 35.9 Å². The van der Waals surface area contributed by atoms with Gasteiger partial charge in [0.1, 0.15) is 0 Å². The molecule has 0 saturated carbocycles. The lowest BCUT2D eigenvalue weighted by Crippen LogP contribution is -2.40. The number of nitrogens with one attached hydrogen (secondary N) is 2. The zero-order chi connectivity index (χ0) is 13.7. The summed E-state index contributed by atoms with van der Waals surface area (Å²) in [5.74, 6) is 0.498. The normalized spacial score (nSPS) is 21.9. The van der Waals surface area contributed by atoms with Crippen LogP contribution in [0.2, 0.25) is 0 Å². The van der Waals surface area contributed by atoms with Crippen molar-refractivity contribution >= 4 is 5.91 Å². The van der Waals surface area contributed by atoms with Crippen molar-refractivity contribution in [2.24, 2.45) is 5.92 Å². The van der Waals surface area contributed by atoms with Gasteiger partial charge in [-0.1, -0.05) is 50.6 Å². The molecule has 104 valence electrons. The van der Waals surface area contributed by atoms with E-state index in [0.717, 1.165) is 31.5 Å². The average molecular weight is 260 g/mol. The summed E-state index contributed by atoms with van der Waals surface area (Å²) in [7, 11) is 0. The molecule has 0 spiro atoms. The van der Waals surface area contributed by atoms with Gasteiger partial charge in [0.25, 0.3) is 0 Å². The van der Waals surface area contributed by atoms with Gasteiger partial charge >= 0.3 is 0 Å². The topological polar surface area (TPSA) is 41.1 Å². The molecule has 1 heterocycles. The van der Waals surface area contributed by atoms with Crippen LogP contribution >= 0.6 is 0 Å². The molecule has 3 nitrogen and oxygen atoms in total. The summed E-state index contributed by atoms with van der Waals surface area (Å²) in [5, 5.41) is 6.48. The third-order valence-corrected chi connectivity index (χ3v) is 4.06. The van der Waals surface area contributed by atoms with Crippen LogP contribution < -0.4 is 10.6 Å². The van der Waals surface area contributed by atoms with Gasteiger partial charge in [0.05, 0.1) is 5.92 Å². The molecule has 1 aliphatic rings. The molecular weight excluding hydrogens is 236 g/mol. The standard InChI is InChI=1S/C16H24N2O/c1-3-12(2)15(13-7-5-4-6-8-13)16(19)18-14-9-10-17-11-14/h4-8,12,14-15,17H,3,9-11H2,1-2H3,(H,18,19)/t12?,14-,15?/m0/s1. The van der Waals surface area contributed by atoms with Crippen LogP contribution in [0.15, 0.2) is 30.3 Å². The maximum atomic E-state index is 12.6. The summed E-state index contributed by atoms with van der Waals surface area (Å²) in [6.45, 7) is 6.20. The maximum Gasteiger partial charge on any atom is 0.228 e. The fourth-order valence-electron chi connectivity index (χ4n) is 2.70. The zero-order valence-electron chi connectivity index (χ0n) is 11.9. The predicted molar refractivity (Wildman–Crippen MR) is 78.1 cm³/mol. The third kappa shape index (κ3) is 3.57. The fourth-order valence-corrected chi connectivity index (χ4v) is 2.70. The number of amides is 1. The van der Waals surface area contributed by atoms with Gasteiger partial charge in [-0.05, 0) is 24.4 Å². The quantitative estimate of drug-likeness (QED) is 0.853. The molecule has 1 fully saturated rings. The summed E-state index contributed by atoms with van der Waals surface area (Å²) in [4.78, 5) is 12.6. The Morgan fingerprint density at radius 2 is 2.16 bits per heavy atom. The molecule has 19 heavy (non-hydrogen) atoms. The Morgan fingerprint density at radius 1 is 1.42 bits per heavy atom. The minimum atomic E-state index is -0.0354. The lowest BCUT2D eigenvalue weighted by atomic mass is 9.84. The molecular formula is C16H24N2O. The van der Waals surface area contributed by atoms with Crippen molar-refractivity contribution in [2.75, 3.05) is 13.1 Å². The highest BCUT2D eigenvalue weighted by Crippen LogP contribution is 2.27. The Bertz CT molecular complexity index is 398. The van der Waals surface area contributed by atoms with E-state index in [1.807, 2.05) is 18.2 Å². The van der Waals surface area contributed by atoms with Crippen molar-refractivity contribution in [3.63, 3.8) is 0 Å². The number of benzene rings is 1. The van der Waals surface area contributed by atoms with E-state index < -0.39 is 0 Å². The number of rotatable bonds is 5. The molecule has 2 N–H and O–H groups in total. The highest BCUT2D eigenvalue weighted by Gasteiger charge is 2.28. The van der Waals surface area contributed by atoms with E-state index in [1.165, 1.54) is 0 Å². The van der Waals surface area contributed by atoms with Gasteiger partial charge in [-0.3, -0.25) is 4.79 Å². The largest absolute Gasteiger partial charge is 0.352 e. The van der Waals surface area contributed by atoms with E-state index in [2.05, 4.69) is 36.6 Å². The Kier molecular flexibility index (Phi) is 4.97. The summed E-state index contributed by atoms with van der Waals surface area (Å²) >= 11 is 0. The van der Waals surface area contributed by atoms with Gasteiger partial charge in [-0.2, -0.15) is 0 Å². The Labute approximate surface area is 115 Å². The number of carbonyl (C=O) groups excluding carboxylic acids is 1. The fraction of sp³-hybridized carbons (Fsp3) is 0.562. The first-order valence-electron chi connectivity index (χ1n) is 7.28. The first kappa shape index (κ1) is 14.1. The monoisotopic (exact) mass is 260 g/mol. The SMILES string of the molecule is CCC(C)C(C(=O)N[C@H]1CCNC1)c1ccccc1. The molecule has 1 saturated heterocycles. The van der Waals surface area contributed by atoms with E-state index in [4.69, 9.17) is 0 Å². The minimum Gasteiger partial charge on any atom is -0.352 e. The smallest absolute Gasteiger partial charge is 0.228 e. The van der Waals surface area contributed by atoms with Gasteiger partial charge < -0.3 is 10.6 Å². The average Bonchev–Trinajstić information content (AvgIpc) is 2.93. The van der Waals surface area contributed by atoms with E-state index in [1.54, 1.807) is 0 Å². The number of hydrogen-bond acceptors (Lipinski definition) is 2. The Morgan fingerprint density at radius 3 is 2.74 bits per heavy atom.